The minimum Gasteiger partial charge on any atom is -0.385 e. The van der Waals surface area contributed by atoms with Gasteiger partial charge in [-0.3, -0.25) is 24.2 Å². The third-order valence-electron chi connectivity index (χ3n) is 5.59. The first-order valence-electron chi connectivity index (χ1n) is 11.6. The maximum Gasteiger partial charge on any atom is 0.257 e. The van der Waals surface area contributed by atoms with E-state index in [2.05, 4.69) is 20.9 Å². The lowest BCUT2D eigenvalue weighted by molar-refractivity contribution is -0.123. The van der Waals surface area contributed by atoms with Crippen LogP contribution in [0.2, 0.25) is 0 Å². The number of methoxy groups -OCH3 is 1. The summed E-state index contributed by atoms with van der Waals surface area (Å²) in [6, 6.07) is 12.2. The molecule has 9 nitrogen and oxygen atoms in total. The van der Waals surface area contributed by atoms with Crippen LogP contribution in [0.1, 0.15) is 16.8 Å². The molecule has 2 aromatic carbocycles. The predicted octanol–water partition coefficient (Wildman–Crippen LogP) is 1.79. The van der Waals surface area contributed by atoms with Crippen molar-refractivity contribution in [3.63, 3.8) is 0 Å². The van der Waals surface area contributed by atoms with E-state index in [1.165, 1.54) is 24.3 Å². The Bertz CT molecular complexity index is 994. The van der Waals surface area contributed by atoms with Gasteiger partial charge in [0.05, 0.1) is 24.3 Å². The Morgan fingerprint density at radius 3 is 2.17 bits per heavy atom. The molecule has 0 spiro atoms. The largest absolute Gasteiger partial charge is 0.385 e. The highest BCUT2D eigenvalue weighted by Crippen LogP contribution is 2.18. The van der Waals surface area contributed by atoms with Gasteiger partial charge in [-0.1, -0.05) is 12.1 Å². The molecule has 1 fully saturated rings. The maximum atomic E-state index is 13.1. The minimum atomic E-state index is -0.401. The van der Waals surface area contributed by atoms with Gasteiger partial charge in [0, 0.05) is 52.1 Å². The summed E-state index contributed by atoms with van der Waals surface area (Å²) in [5.41, 5.74) is 1.17. The fourth-order valence-corrected chi connectivity index (χ4v) is 3.72. The van der Waals surface area contributed by atoms with Gasteiger partial charge in [0.25, 0.3) is 5.91 Å². The normalized spacial score (nSPS) is 14.3. The first-order chi connectivity index (χ1) is 16.9. The topological polar surface area (TPSA) is 103 Å². The molecule has 0 radical (unpaired) electrons. The average molecular weight is 486 g/mol. The summed E-state index contributed by atoms with van der Waals surface area (Å²) in [5.74, 6) is -1.03. The van der Waals surface area contributed by atoms with Gasteiger partial charge in [-0.25, -0.2) is 4.39 Å². The Morgan fingerprint density at radius 2 is 1.51 bits per heavy atom. The fourth-order valence-electron chi connectivity index (χ4n) is 3.72. The number of amides is 3. The van der Waals surface area contributed by atoms with Crippen LogP contribution < -0.4 is 16.0 Å². The molecule has 3 N–H and O–H groups in total. The second kappa shape index (κ2) is 13.5. The van der Waals surface area contributed by atoms with Crippen LogP contribution in [0.5, 0.6) is 0 Å². The van der Waals surface area contributed by atoms with Gasteiger partial charge in [-0.05, 0) is 42.8 Å². The molecule has 0 aromatic heterocycles. The van der Waals surface area contributed by atoms with Crippen LogP contribution in [-0.4, -0.2) is 87.1 Å². The van der Waals surface area contributed by atoms with E-state index in [1.54, 1.807) is 31.4 Å². The number of carbonyl (C=O) groups excluding carboxylic acids is 3. The number of ether oxygens (including phenoxy) is 1. The van der Waals surface area contributed by atoms with E-state index < -0.39 is 11.7 Å². The molecule has 0 bridgehead atoms. The number of nitrogens with zero attached hydrogens (tertiary/aromatic N) is 2. The molecular formula is C25H32FN5O4. The highest BCUT2D eigenvalue weighted by molar-refractivity contribution is 6.10. The smallest absolute Gasteiger partial charge is 0.257 e. The van der Waals surface area contributed by atoms with E-state index >= 15 is 0 Å². The number of anilines is 2. The highest BCUT2D eigenvalue weighted by Gasteiger charge is 2.21. The Kier molecular flexibility index (Phi) is 10.1. The molecule has 35 heavy (non-hydrogen) atoms. The Labute approximate surface area is 204 Å². The fraction of sp³-hybridized carbons (Fsp3) is 0.400. The van der Waals surface area contributed by atoms with Crippen LogP contribution in [-0.2, 0) is 14.3 Å². The van der Waals surface area contributed by atoms with Gasteiger partial charge in [0.1, 0.15) is 5.82 Å². The van der Waals surface area contributed by atoms with Crippen LogP contribution >= 0.6 is 0 Å². The van der Waals surface area contributed by atoms with Crippen molar-refractivity contribution in [3.05, 3.63) is 59.9 Å². The van der Waals surface area contributed by atoms with Gasteiger partial charge in [0.2, 0.25) is 11.8 Å². The van der Waals surface area contributed by atoms with Crippen LogP contribution in [0.4, 0.5) is 15.8 Å². The molecule has 1 heterocycles. The van der Waals surface area contributed by atoms with Crippen molar-refractivity contribution in [2.75, 3.05) is 70.2 Å². The Morgan fingerprint density at radius 1 is 0.886 bits per heavy atom. The van der Waals surface area contributed by atoms with Crippen molar-refractivity contribution in [2.24, 2.45) is 0 Å². The number of nitrogens with one attached hydrogen (secondary N) is 3. The zero-order valence-corrected chi connectivity index (χ0v) is 19.9. The molecule has 2 aromatic rings. The molecule has 0 aliphatic carbocycles. The third-order valence-corrected chi connectivity index (χ3v) is 5.59. The molecule has 1 aliphatic rings. The lowest BCUT2D eigenvalue weighted by Crippen LogP contribution is -2.51. The van der Waals surface area contributed by atoms with Crippen LogP contribution in [0.15, 0.2) is 48.5 Å². The number of hydrogen-bond donors (Lipinski definition) is 3. The van der Waals surface area contributed by atoms with Crippen molar-refractivity contribution in [3.8, 4) is 0 Å². The molecule has 1 aliphatic heterocycles. The second-order valence-corrected chi connectivity index (χ2v) is 8.30. The quantitative estimate of drug-likeness (QED) is 0.420. The molecule has 1 saturated heterocycles. The second-order valence-electron chi connectivity index (χ2n) is 8.30. The SMILES string of the molecule is COCCCNC(=O)CN1CCN(CC(=O)Nc2ccccc2C(=O)Nc2ccc(F)cc2)CC1. The summed E-state index contributed by atoms with van der Waals surface area (Å²) in [5, 5.41) is 8.41. The first-order valence-corrected chi connectivity index (χ1v) is 11.6. The van der Waals surface area contributed by atoms with Crippen LogP contribution in [0.3, 0.4) is 0 Å². The molecular weight excluding hydrogens is 453 g/mol. The van der Waals surface area contributed by atoms with Gasteiger partial charge in [0.15, 0.2) is 0 Å². The molecule has 188 valence electrons. The molecule has 10 heteroatoms. The molecule has 0 unspecified atom stereocenters. The number of para-hydroxylation sites is 1. The van der Waals surface area contributed by atoms with Gasteiger partial charge < -0.3 is 20.7 Å². The Balaban J connectivity index is 1.44. The number of benzene rings is 2. The summed E-state index contributed by atoms with van der Waals surface area (Å²) in [7, 11) is 1.63. The maximum absolute atomic E-state index is 13.1. The number of hydrogen-bond acceptors (Lipinski definition) is 6. The monoisotopic (exact) mass is 485 g/mol. The van der Waals surface area contributed by atoms with E-state index in [0.29, 0.717) is 62.8 Å². The van der Waals surface area contributed by atoms with Crippen molar-refractivity contribution < 1.29 is 23.5 Å². The lowest BCUT2D eigenvalue weighted by atomic mass is 10.1. The van der Waals surface area contributed by atoms with Crippen LogP contribution in [0.25, 0.3) is 0 Å². The van der Waals surface area contributed by atoms with Crippen LogP contribution in [0, 0.1) is 5.82 Å². The van der Waals surface area contributed by atoms with E-state index in [1.807, 2.05) is 4.90 Å². The number of halogens is 1. The van der Waals surface area contributed by atoms with E-state index in [-0.39, 0.29) is 18.4 Å². The zero-order chi connectivity index (χ0) is 25.0. The summed E-state index contributed by atoms with van der Waals surface area (Å²) in [4.78, 5) is 41.5. The summed E-state index contributed by atoms with van der Waals surface area (Å²) in [6.45, 7) is 4.44. The van der Waals surface area contributed by atoms with E-state index in [0.717, 1.165) is 6.42 Å². The molecule has 0 atom stereocenters. The van der Waals surface area contributed by atoms with Gasteiger partial charge in [-0.15, -0.1) is 0 Å². The van der Waals surface area contributed by atoms with E-state index in [9.17, 15) is 18.8 Å². The molecule has 3 amide bonds. The van der Waals surface area contributed by atoms with Crippen molar-refractivity contribution in [1.82, 2.24) is 15.1 Å². The van der Waals surface area contributed by atoms with Gasteiger partial charge in [-0.2, -0.15) is 0 Å². The van der Waals surface area contributed by atoms with Crippen molar-refractivity contribution in [2.45, 2.75) is 6.42 Å². The lowest BCUT2D eigenvalue weighted by Gasteiger charge is -2.33. The van der Waals surface area contributed by atoms with E-state index in [4.69, 9.17) is 4.74 Å². The number of carbonyl (C=O) groups is 3. The summed E-state index contributed by atoms with van der Waals surface area (Å²) >= 11 is 0. The van der Waals surface area contributed by atoms with Crippen molar-refractivity contribution >= 4 is 29.1 Å². The molecule has 0 saturated carbocycles. The Hall–Kier alpha value is -3.34. The number of rotatable bonds is 11. The third kappa shape index (κ3) is 8.75. The zero-order valence-electron chi connectivity index (χ0n) is 19.9. The standard InChI is InChI=1S/C25H32FN5O4/c1-35-16-4-11-27-23(32)17-30-12-14-31(15-13-30)18-24(33)29-22-6-3-2-5-21(22)25(34)28-20-9-7-19(26)8-10-20/h2-3,5-10H,4,11-18H2,1H3,(H,27,32)(H,28,34)(H,29,33). The highest BCUT2D eigenvalue weighted by atomic mass is 19.1. The van der Waals surface area contributed by atoms with Crippen molar-refractivity contribution in [1.29, 1.82) is 0 Å². The first kappa shape index (κ1) is 26.3. The summed E-state index contributed by atoms with van der Waals surface area (Å²) < 4.78 is 18.1. The van der Waals surface area contributed by atoms with Gasteiger partial charge >= 0.3 is 0 Å². The minimum absolute atomic E-state index is 0.0113. The predicted molar refractivity (Wildman–Crippen MR) is 132 cm³/mol. The molecule has 3 rings (SSSR count). The average Bonchev–Trinajstić information content (AvgIpc) is 2.85. The summed E-state index contributed by atoms with van der Waals surface area (Å²) in [6.07, 6.45) is 0.780. The number of piperazine rings is 1.